The van der Waals surface area contributed by atoms with Crippen LogP contribution in [0.3, 0.4) is 0 Å². The van der Waals surface area contributed by atoms with E-state index in [1.807, 2.05) is 49.4 Å². The summed E-state index contributed by atoms with van der Waals surface area (Å²) in [5, 5.41) is 9.77. The fourth-order valence-corrected chi connectivity index (χ4v) is 2.04. The van der Waals surface area contributed by atoms with Gasteiger partial charge in [-0.25, -0.2) is 0 Å². The maximum Gasteiger partial charge on any atom is 0.125 e. The second kappa shape index (κ2) is 6.44. The second-order valence-electron chi connectivity index (χ2n) is 4.86. The summed E-state index contributed by atoms with van der Waals surface area (Å²) >= 11 is 0. The van der Waals surface area contributed by atoms with Crippen LogP contribution in [-0.2, 0) is 6.61 Å². The minimum Gasteiger partial charge on any atom is -0.497 e. The molecule has 106 valence electrons. The molecule has 3 heteroatoms. The van der Waals surface area contributed by atoms with Crippen LogP contribution in [0.5, 0.6) is 11.5 Å². The Morgan fingerprint density at radius 1 is 1.15 bits per heavy atom. The van der Waals surface area contributed by atoms with Gasteiger partial charge in [0.1, 0.15) is 18.1 Å². The van der Waals surface area contributed by atoms with Gasteiger partial charge in [0.25, 0.3) is 0 Å². The monoisotopic (exact) mass is 272 g/mol. The van der Waals surface area contributed by atoms with Crippen molar-refractivity contribution in [2.24, 2.45) is 0 Å². The largest absolute Gasteiger partial charge is 0.497 e. The van der Waals surface area contributed by atoms with Gasteiger partial charge < -0.3 is 14.6 Å². The lowest BCUT2D eigenvalue weighted by Gasteiger charge is -2.14. The number of benzene rings is 2. The Balaban J connectivity index is 2.15. The Labute approximate surface area is 119 Å². The molecule has 20 heavy (non-hydrogen) atoms. The lowest BCUT2D eigenvalue weighted by atomic mass is 10.1. The number of aryl methyl sites for hydroxylation is 1. The van der Waals surface area contributed by atoms with E-state index in [-0.39, 0.29) is 0 Å². The summed E-state index contributed by atoms with van der Waals surface area (Å²) in [7, 11) is 1.64. The van der Waals surface area contributed by atoms with E-state index in [9.17, 15) is 5.11 Å². The van der Waals surface area contributed by atoms with E-state index in [2.05, 4.69) is 0 Å². The molecule has 0 unspecified atom stereocenters. The maximum absolute atomic E-state index is 9.77. The van der Waals surface area contributed by atoms with Gasteiger partial charge in [-0.1, -0.05) is 24.3 Å². The molecular weight excluding hydrogens is 252 g/mol. The molecule has 2 aromatic rings. The summed E-state index contributed by atoms with van der Waals surface area (Å²) in [6.45, 7) is 4.19. The molecule has 0 fully saturated rings. The van der Waals surface area contributed by atoms with Crippen LogP contribution in [0.15, 0.2) is 42.5 Å². The van der Waals surface area contributed by atoms with E-state index in [0.29, 0.717) is 6.61 Å². The molecule has 0 aliphatic carbocycles. The number of hydrogen-bond acceptors (Lipinski definition) is 3. The van der Waals surface area contributed by atoms with Crippen molar-refractivity contribution in [1.82, 2.24) is 0 Å². The Kier molecular flexibility index (Phi) is 4.64. The van der Waals surface area contributed by atoms with Gasteiger partial charge in [-0.2, -0.15) is 0 Å². The summed E-state index contributed by atoms with van der Waals surface area (Å²) < 4.78 is 11.0. The Morgan fingerprint density at radius 2 is 1.95 bits per heavy atom. The van der Waals surface area contributed by atoms with Crippen molar-refractivity contribution >= 4 is 0 Å². The SMILES string of the molecule is COc1cccc(COc2cc(C)ccc2[C@H](C)O)c1. The fourth-order valence-electron chi connectivity index (χ4n) is 2.04. The predicted octanol–water partition coefficient (Wildman–Crippen LogP) is 3.64. The van der Waals surface area contributed by atoms with Crippen molar-refractivity contribution in [2.75, 3.05) is 7.11 Å². The average molecular weight is 272 g/mol. The smallest absolute Gasteiger partial charge is 0.125 e. The van der Waals surface area contributed by atoms with Gasteiger partial charge in [-0.3, -0.25) is 0 Å². The Hall–Kier alpha value is -2.00. The molecular formula is C17H20O3. The lowest BCUT2D eigenvalue weighted by molar-refractivity contribution is 0.190. The van der Waals surface area contributed by atoms with Crippen molar-refractivity contribution in [3.05, 3.63) is 59.2 Å². The fraction of sp³-hybridized carbons (Fsp3) is 0.294. The minimum atomic E-state index is -0.545. The number of rotatable bonds is 5. The third-order valence-corrected chi connectivity index (χ3v) is 3.15. The van der Waals surface area contributed by atoms with Crippen LogP contribution in [0.25, 0.3) is 0 Å². The molecule has 0 bridgehead atoms. The van der Waals surface area contributed by atoms with Crippen LogP contribution in [-0.4, -0.2) is 12.2 Å². The topological polar surface area (TPSA) is 38.7 Å². The van der Waals surface area contributed by atoms with E-state index < -0.39 is 6.10 Å². The molecule has 0 amide bonds. The summed E-state index contributed by atoms with van der Waals surface area (Å²) in [4.78, 5) is 0. The standard InChI is InChI=1S/C17H20O3/c1-12-7-8-16(13(2)18)17(9-12)20-11-14-5-4-6-15(10-14)19-3/h4-10,13,18H,11H2,1-3H3/t13-/m0/s1. The first-order chi connectivity index (χ1) is 9.60. The average Bonchev–Trinajstić information content (AvgIpc) is 2.45. The van der Waals surface area contributed by atoms with Crippen LogP contribution in [0, 0.1) is 6.92 Å². The molecule has 2 aromatic carbocycles. The third kappa shape index (κ3) is 3.52. The van der Waals surface area contributed by atoms with Gasteiger partial charge in [-0.05, 0) is 43.2 Å². The van der Waals surface area contributed by atoms with Crippen molar-refractivity contribution in [1.29, 1.82) is 0 Å². The first-order valence-corrected chi connectivity index (χ1v) is 6.64. The number of aliphatic hydroxyl groups excluding tert-OH is 1. The van der Waals surface area contributed by atoms with E-state index in [1.165, 1.54) is 0 Å². The van der Waals surface area contributed by atoms with Crippen molar-refractivity contribution in [3.63, 3.8) is 0 Å². The first kappa shape index (κ1) is 14.4. The molecule has 0 spiro atoms. The van der Waals surface area contributed by atoms with E-state index in [4.69, 9.17) is 9.47 Å². The maximum atomic E-state index is 9.77. The molecule has 2 rings (SSSR count). The first-order valence-electron chi connectivity index (χ1n) is 6.64. The zero-order valence-electron chi connectivity index (χ0n) is 12.1. The molecule has 1 atom stereocenters. The Morgan fingerprint density at radius 3 is 2.65 bits per heavy atom. The third-order valence-electron chi connectivity index (χ3n) is 3.15. The van der Waals surface area contributed by atoms with Crippen LogP contribution >= 0.6 is 0 Å². The van der Waals surface area contributed by atoms with Gasteiger partial charge >= 0.3 is 0 Å². The van der Waals surface area contributed by atoms with Gasteiger partial charge in [0.2, 0.25) is 0 Å². The molecule has 0 heterocycles. The van der Waals surface area contributed by atoms with Crippen molar-refractivity contribution < 1.29 is 14.6 Å². The van der Waals surface area contributed by atoms with Crippen molar-refractivity contribution in [2.45, 2.75) is 26.6 Å². The highest BCUT2D eigenvalue weighted by Gasteiger charge is 2.09. The van der Waals surface area contributed by atoms with Crippen LogP contribution in [0.4, 0.5) is 0 Å². The van der Waals surface area contributed by atoms with Gasteiger partial charge in [0.05, 0.1) is 13.2 Å². The zero-order chi connectivity index (χ0) is 14.5. The summed E-state index contributed by atoms with van der Waals surface area (Å²) in [5.74, 6) is 1.54. The lowest BCUT2D eigenvalue weighted by Crippen LogP contribution is -2.01. The summed E-state index contributed by atoms with van der Waals surface area (Å²) in [5.41, 5.74) is 2.94. The highest BCUT2D eigenvalue weighted by Crippen LogP contribution is 2.27. The van der Waals surface area contributed by atoms with Gasteiger partial charge in [0.15, 0.2) is 0 Å². The molecule has 0 aliphatic rings. The molecule has 0 saturated heterocycles. The van der Waals surface area contributed by atoms with Crippen LogP contribution < -0.4 is 9.47 Å². The number of methoxy groups -OCH3 is 1. The summed E-state index contributed by atoms with van der Waals surface area (Å²) in [6, 6.07) is 13.6. The van der Waals surface area contributed by atoms with E-state index in [1.54, 1.807) is 14.0 Å². The minimum absolute atomic E-state index is 0.445. The number of ether oxygens (including phenoxy) is 2. The summed E-state index contributed by atoms with van der Waals surface area (Å²) in [6.07, 6.45) is -0.545. The molecule has 0 saturated carbocycles. The molecule has 0 aromatic heterocycles. The van der Waals surface area contributed by atoms with E-state index >= 15 is 0 Å². The molecule has 0 radical (unpaired) electrons. The zero-order valence-corrected chi connectivity index (χ0v) is 12.1. The number of aliphatic hydroxyl groups is 1. The molecule has 1 N–H and O–H groups in total. The quantitative estimate of drug-likeness (QED) is 0.903. The second-order valence-corrected chi connectivity index (χ2v) is 4.86. The predicted molar refractivity (Wildman–Crippen MR) is 79.1 cm³/mol. The molecule has 0 aliphatic heterocycles. The van der Waals surface area contributed by atoms with Gasteiger partial charge in [0, 0.05) is 5.56 Å². The van der Waals surface area contributed by atoms with Crippen LogP contribution in [0.2, 0.25) is 0 Å². The van der Waals surface area contributed by atoms with E-state index in [0.717, 1.165) is 28.2 Å². The number of hydrogen-bond donors (Lipinski definition) is 1. The van der Waals surface area contributed by atoms with Crippen LogP contribution in [0.1, 0.15) is 29.7 Å². The highest BCUT2D eigenvalue weighted by molar-refractivity contribution is 5.38. The normalized spacial score (nSPS) is 12.0. The Bertz CT molecular complexity index is 576. The van der Waals surface area contributed by atoms with Crippen molar-refractivity contribution in [3.8, 4) is 11.5 Å². The molecule has 3 nitrogen and oxygen atoms in total. The van der Waals surface area contributed by atoms with Gasteiger partial charge in [-0.15, -0.1) is 0 Å². The highest BCUT2D eigenvalue weighted by atomic mass is 16.5.